The Bertz CT molecular complexity index is 757. The van der Waals surface area contributed by atoms with E-state index in [1.165, 1.54) is 31.2 Å². The highest BCUT2D eigenvalue weighted by molar-refractivity contribution is 5.74. The van der Waals surface area contributed by atoms with Gasteiger partial charge < -0.3 is 20.1 Å². The Morgan fingerprint density at radius 3 is 2.62 bits per heavy atom. The second-order valence-corrected chi connectivity index (χ2v) is 6.95. The van der Waals surface area contributed by atoms with E-state index in [-0.39, 0.29) is 18.9 Å². The molecule has 4 rings (SSSR count). The first kappa shape index (κ1) is 16.8. The van der Waals surface area contributed by atoms with Crippen LogP contribution in [0.5, 0.6) is 11.5 Å². The number of urea groups is 1. The Morgan fingerprint density at radius 2 is 1.81 bits per heavy atom. The molecule has 0 radical (unpaired) electrons. The highest BCUT2D eigenvalue weighted by Gasteiger charge is 2.27. The molecular weight excluding hydrogens is 328 g/mol. The normalized spacial score (nSPS) is 17.1. The maximum Gasteiger partial charge on any atom is 0.315 e. The van der Waals surface area contributed by atoms with Crippen molar-refractivity contribution in [2.75, 3.05) is 6.79 Å². The molecule has 2 aromatic carbocycles. The van der Waals surface area contributed by atoms with Crippen molar-refractivity contribution in [3.63, 3.8) is 0 Å². The topological polar surface area (TPSA) is 59.6 Å². The van der Waals surface area contributed by atoms with E-state index >= 15 is 0 Å². The molecule has 2 aliphatic rings. The lowest BCUT2D eigenvalue weighted by Gasteiger charge is -2.25. The molecule has 1 atom stereocenters. The summed E-state index contributed by atoms with van der Waals surface area (Å²) in [6.07, 6.45) is 4.83. The first-order valence-corrected chi connectivity index (χ1v) is 9.27. The minimum absolute atomic E-state index is 0.0652. The number of rotatable bonds is 5. The van der Waals surface area contributed by atoms with Crippen molar-refractivity contribution < 1.29 is 14.3 Å². The second kappa shape index (κ2) is 7.68. The summed E-state index contributed by atoms with van der Waals surface area (Å²) < 4.78 is 10.7. The molecule has 5 heteroatoms. The van der Waals surface area contributed by atoms with Gasteiger partial charge >= 0.3 is 6.03 Å². The van der Waals surface area contributed by atoms with Crippen molar-refractivity contribution in [2.24, 2.45) is 5.92 Å². The lowest BCUT2D eigenvalue weighted by Crippen LogP contribution is -2.39. The third kappa shape index (κ3) is 3.77. The molecule has 2 aromatic rings. The number of carbonyl (C=O) groups is 1. The van der Waals surface area contributed by atoms with E-state index in [1.54, 1.807) is 0 Å². The third-order valence-electron chi connectivity index (χ3n) is 5.21. The molecule has 1 unspecified atom stereocenters. The van der Waals surface area contributed by atoms with Gasteiger partial charge in [-0.05, 0) is 42.0 Å². The molecule has 1 aliphatic heterocycles. The minimum Gasteiger partial charge on any atom is -0.454 e. The van der Waals surface area contributed by atoms with Crippen LogP contribution >= 0.6 is 0 Å². The fraction of sp³-hybridized carbons (Fsp3) is 0.381. The summed E-state index contributed by atoms with van der Waals surface area (Å²) in [7, 11) is 0. The van der Waals surface area contributed by atoms with Crippen LogP contribution in [0.15, 0.2) is 48.5 Å². The number of amides is 2. The van der Waals surface area contributed by atoms with Crippen LogP contribution in [0.4, 0.5) is 4.79 Å². The van der Waals surface area contributed by atoms with E-state index < -0.39 is 0 Å². The molecule has 0 saturated heterocycles. The SMILES string of the molecule is O=C(NCc1ccc2c(c1)OCO2)NC(c1ccccc1)C1CCCC1. The van der Waals surface area contributed by atoms with Gasteiger partial charge in [0.2, 0.25) is 6.79 Å². The summed E-state index contributed by atoms with van der Waals surface area (Å²) in [5.41, 5.74) is 2.17. The predicted molar refractivity (Wildman–Crippen MR) is 99.1 cm³/mol. The van der Waals surface area contributed by atoms with Gasteiger partial charge in [-0.1, -0.05) is 49.2 Å². The predicted octanol–water partition coefficient (Wildman–Crippen LogP) is 4.15. The lowest BCUT2D eigenvalue weighted by molar-refractivity contribution is 0.174. The Morgan fingerprint density at radius 1 is 1.04 bits per heavy atom. The monoisotopic (exact) mass is 352 g/mol. The largest absolute Gasteiger partial charge is 0.454 e. The van der Waals surface area contributed by atoms with Crippen molar-refractivity contribution >= 4 is 6.03 Å². The van der Waals surface area contributed by atoms with Crippen molar-refractivity contribution in [3.8, 4) is 11.5 Å². The van der Waals surface area contributed by atoms with Crippen molar-refractivity contribution in [3.05, 3.63) is 59.7 Å². The lowest BCUT2D eigenvalue weighted by atomic mass is 9.92. The molecule has 136 valence electrons. The summed E-state index contributed by atoms with van der Waals surface area (Å²) >= 11 is 0. The molecule has 1 saturated carbocycles. The first-order valence-electron chi connectivity index (χ1n) is 9.27. The van der Waals surface area contributed by atoms with Gasteiger partial charge in [-0.3, -0.25) is 0 Å². The van der Waals surface area contributed by atoms with Gasteiger partial charge in [-0.25, -0.2) is 4.79 Å². The molecule has 5 nitrogen and oxygen atoms in total. The summed E-state index contributed by atoms with van der Waals surface area (Å²) in [5, 5.41) is 6.16. The van der Waals surface area contributed by atoms with Crippen molar-refractivity contribution in [1.82, 2.24) is 10.6 Å². The zero-order valence-corrected chi connectivity index (χ0v) is 14.7. The van der Waals surface area contributed by atoms with Crippen LogP contribution in [0.25, 0.3) is 0 Å². The molecular formula is C21H24N2O3. The number of carbonyl (C=O) groups excluding carboxylic acids is 1. The Labute approximate surface area is 153 Å². The molecule has 2 N–H and O–H groups in total. The number of benzene rings is 2. The number of hydrogen-bond donors (Lipinski definition) is 2. The quantitative estimate of drug-likeness (QED) is 0.850. The number of ether oxygens (including phenoxy) is 2. The van der Waals surface area contributed by atoms with Crippen molar-refractivity contribution in [2.45, 2.75) is 38.3 Å². The van der Waals surface area contributed by atoms with Gasteiger partial charge in [0.15, 0.2) is 11.5 Å². The molecule has 26 heavy (non-hydrogen) atoms. The average Bonchev–Trinajstić information content (AvgIpc) is 3.36. The second-order valence-electron chi connectivity index (χ2n) is 6.95. The number of hydrogen-bond acceptors (Lipinski definition) is 3. The molecule has 1 aliphatic carbocycles. The van der Waals surface area contributed by atoms with Crippen LogP contribution < -0.4 is 20.1 Å². The van der Waals surface area contributed by atoms with Crippen LogP contribution in [0, 0.1) is 5.92 Å². The summed E-state index contributed by atoms with van der Waals surface area (Å²) in [6.45, 7) is 0.710. The third-order valence-corrected chi connectivity index (χ3v) is 5.21. The molecule has 2 amide bonds. The van der Waals surface area contributed by atoms with Gasteiger partial charge in [0.1, 0.15) is 0 Å². The zero-order valence-electron chi connectivity index (χ0n) is 14.7. The van der Waals surface area contributed by atoms with Gasteiger partial charge in [0, 0.05) is 6.54 Å². The van der Waals surface area contributed by atoms with Crippen LogP contribution in [0.1, 0.15) is 42.9 Å². The van der Waals surface area contributed by atoms with E-state index in [0.717, 1.165) is 17.1 Å². The van der Waals surface area contributed by atoms with Crippen molar-refractivity contribution in [1.29, 1.82) is 0 Å². The highest BCUT2D eigenvalue weighted by atomic mass is 16.7. The Kier molecular flexibility index (Phi) is 4.95. The standard InChI is InChI=1S/C21H24N2O3/c24-21(22-13-15-10-11-18-19(12-15)26-14-25-18)23-20(17-8-4-5-9-17)16-6-2-1-3-7-16/h1-3,6-7,10-12,17,20H,4-5,8-9,13-14H2,(H2,22,23,24). The average molecular weight is 352 g/mol. The first-order chi connectivity index (χ1) is 12.8. The maximum absolute atomic E-state index is 12.5. The Hall–Kier alpha value is -2.69. The summed E-state index contributed by atoms with van der Waals surface area (Å²) in [4.78, 5) is 12.5. The van der Waals surface area contributed by atoms with E-state index in [9.17, 15) is 4.79 Å². The van der Waals surface area contributed by atoms with Crippen LogP contribution in [0.2, 0.25) is 0 Å². The molecule has 1 fully saturated rings. The highest BCUT2D eigenvalue weighted by Crippen LogP contribution is 2.35. The summed E-state index contributed by atoms with van der Waals surface area (Å²) in [6, 6.07) is 15.9. The van der Waals surface area contributed by atoms with Crippen LogP contribution in [0.3, 0.4) is 0 Å². The van der Waals surface area contributed by atoms with Gasteiger partial charge in [0.05, 0.1) is 6.04 Å². The van der Waals surface area contributed by atoms with Gasteiger partial charge in [-0.2, -0.15) is 0 Å². The fourth-order valence-corrected chi connectivity index (χ4v) is 3.85. The zero-order chi connectivity index (χ0) is 17.8. The van der Waals surface area contributed by atoms with Crippen LogP contribution in [-0.2, 0) is 6.54 Å². The maximum atomic E-state index is 12.5. The molecule has 0 aromatic heterocycles. The van der Waals surface area contributed by atoms with Crippen LogP contribution in [-0.4, -0.2) is 12.8 Å². The van der Waals surface area contributed by atoms with E-state index in [1.807, 2.05) is 36.4 Å². The number of fused-ring (bicyclic) bond motifs is 1. The number of nitrogens with one attached hydrogen (secondary N) is 2. The molecule has 1 heterocycles. The molecule has 0 bridgehead atoms. The van der Waals surface area contributed by atoms with E-state index in [0.29, 0.717) is 12.5 Å². The molecule has 0 spiro atoms. The van der Waals surface area contributed by atoms with E-state index in [4.69, 9.17) is 9.47 Å². The fourth-order valence-electron chi connectivity index (χ4n) is 3.85. The minimum atomic E-state index is -0.136. The smallest absolute Gasteiger partial charge is 0.315 e. The van der Waals surface area contributed by atoms with Gasteiger partial charge in [0.25, 0.3) is 0 Å². The van der Waals surface area contributed by atoms with E-state index in [2.05, 4.69) is 22.8 Å². The summed E-state index contributed by atoms with van der Waals surface area (Å²) in [5.74, 6) is 2.00. The Balaban J connectivity index is 1.38. The van der Waals surface area contributed by atoms with Gasteiger partial charge in [-0.15, -0.1) is 0 Å².